The van der Waals surface area contributed by atoms with Crippen LogP contribution in [0, 0.1) is 5.82 Å². The molecule has 2 aromatic heterocycles. The van der Waals surface area contributed by atoms with Gasteiger partial charge in [-0.25, -0.2) is 14.4 Å². The molecule has 4 rings (SSSR count). The van der Waals surface area contributed by atoms with E-state index in [0.717, 1.165) is 35.5 Å². The summed E-state index contributed by atoms with van der Waals surface area (Å²) in [7, 11) is 0. The standard InChI is InChI=1S/C22H21FN4OS/c1-2-12-24-21(28)15-8-11-19(25-13-15)26-17-4-3-5-18-20(17)27-22(29-18)14-6-9-16(23)10-7-14/h2,6-11,13,17H,1,3-5,12H2,(H,24,28)(H,25,26). The minimum absolute atomic E-state index is 0.0668. The molecule has 0 bridgehead atoms. The number of carbonyl (C=O) groups is 1. The number of anilines is 1. The lowest BCUT2D eigenvalue weighted by Gasteiger charge is -2.22. The highest BCUT2D eigenvalue weighted by molar-refractivity contribution is 7.15. The molecule has 0 spiro atoms. The van der Waals surface area contributed by atoms with Crippen molar-refractivity contribution in [3.8, 4) is 10.6 Å². The minimum Gasteiger partial charge on any atom is -0.362 e. The first kappa shape index (κ1) is 19.3. The predicted molar refractivity (Wildman–Crippen MR) is 114 cm³/mol. The SMILES string of the molecule is C=CCNC(=O)c1ccc(NC2CCCc3sc(-c4ccc(F)cc4)nc32)nc1. The number of pyridine rings is 1. The topological polar surface area (TPSA) is 66.9 Å². The molecule has 1 unspecified atom stereocenters. The zero-order valence-electron chi connectivity index (χ0n) is 15.8. The van der Waals surface area contributed by atoms with E-state index in [1.165, 1.54) is 17.0 Å². The number of amides is 1. The molecule has 0 radical (unpaired) electrons. The maximum absolute atomic E-state index is 13.2. The fourth-order valence-electron chi connectivity index (χ4n) is 3.33. The highest BCUT2D eigenvalue weighted by atomic mass is 32.1. The summed E-state index contributed by atoms with van der Waals surface area (Å²) in [5.74, 6) is 0.286. The van der Waals surface area contributed by atoms with E-state index >= 15 is 0 Å². The molecule has 5 nitrogen and oxygen atoms in total. The van der Waals surface area contributed by atoms with Gasteiger partial charge in [-0.3, -0.25) is 4.79 Å². The Morgan fingerprint density at radius 1 is 1.28 bits per heavy atom. The van der Waals surface area contributed by atoms with Crippen molar-refractivity contribution >= 4 is 23.1 Å². The fraction of sp³-hybridized carbons (Fsp3) is 0.227. The first-order chi connectivity index (χ1) is 14.1. The van der Waals surface area contributed by atoms with Gasteiger partial charge in [-0.2, -0.15) is 0 Å². The molecule has 1 aromatic carbocycles. The molecule has 0 aliphatic heterocycles. The van der Waals surface area contributed by atoms with Gasteiger partial charge in [0.15, 0.2) is 0 Å². The van der Waals surface area contributed by atoms with Gasteiger partial charge in [-0.05, 0) is 55.7 Å². The summed E-state index contributed by atoms with van der Waals surface area (Å²) in [5.41, 5.74) is 2.47. The van der Waals surface area contributed by atoms with Crippen LogP contribution in [0.15, 0.2) is 55.3 Å². The number of hydrogen-bond acceptors (Lipinski definition) is 5. The molecule has 0 saturated heterocycles. The Balaban J connectivity index is 1.50. The predicted octanol–water partition coefficient (Wildman–Crippen LogP) is 4.75. The molecule has 2 N–H and O–H groups in total. The zero-order chi connectivity index (χ0) is 20.2. The monoisotopic (exact) mass is 408 g/mol. The van der Waals surface area contributed by atoms with Gasteiger partial charge in [-0.15, -0.1) is 17.9 Å². The van der Waals surface area contributed by atoms with Crippen molar-refractivity contribution in [2.45, 2.75) is 25.3 Å². The largest absolute Gasteiger partial charge is 0.362 e. The summed E-state index contributed by atoms with van der Waals surface area (Å²) < 4.78 is 13.2. The van der Waals surface area contributed by atoms with Gasteiger partial charge in [0.2, 0.25) is 0 Å². The molecule has 1 atom stereocenters. The average Bonchev–Trinajstić information content (AvgIpc) is 3.18. The van der Waals surface area contributed by atoms with Gasteiger partial charge in [0.05, 0.1) is 17.3 Å². The number of fused-ring (bicyclic) bond motifs is 1. The molecule has 0 fully saturated rings. The second kappa shape index (κ2) is 8.53. The molecule has 3 aromatic rings. The van der Waals surface area contributed by atoms with Crippen molar-refractivity contribution in [2.75, 3.05) is 11.9 Å². The number of thiazole rings is 1. The maximum Gasteiger partial charge on any atom is 0.253 e. The molecule has 7 heteroatoms. The summed E-state index contributed by atoms with van der Waals surface area (Å²) in [6, 6.07) is 10.1. The fourth-order valence-corrected chi connectivity index (χ4v) is 4.50. The van der Waals surface area contributed by atoms with Gasteiger partial charge in [-0.1, -0.05) is 6.08 Å². The van der Waals surface area contributed by atoms with Crippen molar-refractivity contribution in [2.24, 2.45) is 0 Å². The van der Waals surface area contributed by atoms with Crippen LogP contribution in [0.4, 0.5) is 10.2 Å². The van der Waals surface area contributed by atoms with E-state index in [9.17, 15) is 9.18 Å². The molecule has 0 saturated carbocycles. The van der Waals surface area contributed by atoms with Crippen molar-refractivity contribution in [1.29, 1.82) is 0 Å². The second-order valence-corrected chi connectivity index (χ2v) is 7.94. The van der Waals surface area contributed by atoms with E-state index in [4.69, 9.17) is 4.98 Å². The van der Waals surface area contributed by atoms with E-state index in [1.807, 2.05) is 6.07 Å². The molecular weight excluding hydrogens is 387 g/mol. The number of nitrogens with zero attached hydrogens (tertiary/aromatic N) is 2. The lowest BCUT2D eigenvalue weighted by molar-refractivity contribution is 0.0957. The quantitative estimate of drug-likeness (QED) is 0.578. The third-order valence-electron chi connectivity index (χ3n) is 4.80. The molecule has 1 amide bonds. The van der Waals surface area contributed by atoms with Gasteiger partial charge in [0.25, 0.3) is 5.91 Å². The van der Waals surface area contributed by atoms with E-state index in [2.05, 4.69) is 22.2 Å². The summed E-state index contributed by atoms with van der Waals surface area (Å²) in [5, 5.41) is 7.09. The van der Waals surface area contributed by atoms with Crippen LogP contribution < -0.4 is 10.6 Å². The van der Waals surface area contributed by atoms with Crippen molar-refractivity contribution in [1.82, 2.24) is 15.3 Å². The van der Waals surface area contributed by atoms with E-state index in [0.29, 0.717) is 17.9 Å². The summed E-state index contributed by atoms with van der Waals surface area (Å²) in [6.07, 6.45) is 6.23. The number of carbonyl (C=O) groups excluding carboxylic acids is 1. The average molecular weight is 409 g/mol. The van der Waals surface area contributed by atoms with Gasteiger partial charge in [0, 0.05) is 23.2 Å². The molecular formula is C22H21FN4OS. The molecule has 1 aliphatic carbocycles. The van der Waals surface area contributed by atoms with Crippen LogP contribution in [0.25, 0.3) is 10.6 Å². The van der Waals surface area contributed by atoms with Crippen LogP contribution in [-0.2, 0) is 6.42 Å². The van der Waals surface area contributed by atoms with Crippen LogP contribution in [0.3, 0.4) is 0 Å². The smallest absolute Gasteiger partial charge is 0.253 e. The van der Waals surface area contributed by atoms with Crippen LogP contribution >= 0.6 is 11.3 Å². The second-order valence-electron chi connectivity index (χ2n) is 6.85. The van der Waals surface area contributed by atoms with Gasteiger partial charge in [0.1, 0.15) is 16.6 Å². The zero-order valence-corrected chi connectivity index (χ0v) is 16.6. The Hall–Kier alpha value is -3.06. The highest BCUT2D eigenvalue weighted by Gasteiger charge is 2.25. The van der Waals surface area contributed by atoms with Gasteiger partial charge < -0.3 is 10.6 Å². The van der Waals surface area contributed by atoms with Crippen LogP contribution in [-0.4, -0.2) is 22.4 Å². The number of aryl methyl sites for hydroxylation is 1. The Morgan fingerprint density at radius 2 is 2.10 bits per heavy atom. The minimum atomic E-state index is -0.248. The summed E-state index contributed by atoms with van der Waals surface area (Å²) in [4.78, 5) is 22.5. The number of benzene rings is 1. The maximum atomic E-state index is 13.2. The highest BCUT2D eigenvalue weighted by Crippen LogP contribution is 2.38. The van der Waals surface area contributed by atoms with Crippen LogP contribution in [0.1, 0.15) is 39.8 Å². The van der Waals surface area contributed by atoms with Gasteiger partial charge >= 0.3 is 0 Å². The van der Waals surface area contributed by atoms with Crippen molar-refractivity contribution in [3.05, 3.63) is 77.2 Å². The Kier molecular flexibility index (Phi) is 5.67. The first-order valence-electron chi connectivity index (χ1n) is 9.51. The summed E-state index contributed by atoms with van der Waals surface area (Å²) >= 11 is 1.67. The van der Waals surface area contributed by atoms with Crippen LogP contribution in [0.2, 0.25) is 0 Å². The lowest BCUT2D eigenvalue weighted by atomic mass is 9.97. The number of rotatable bonds is 6. The number of halogens is 1. The van der Waals surface area contributed by atoms with E-state index in [-0.39, 0.29) is 17.8 Å². The number of nitrogens with one attached hydrogen (secondary N) is 2. The van der Waals surface area contributed by atoms with Crippen LogP contribution in [0.5, 0.6) is 0 Å². The molecule has 148 valence electrons. The van der Waals surface area contributed by atoms with E-state index in [1.54, 1.807) is 41.8 Å². The number of hydrogen-bond donors (Lipinski definition) is 2. The van der Waals surface area contributed by atoms with E-state index < -0.39 is 0 Å². The normalized spacial score (nSPS) is 15.4. The van der Waals surface area contributed by atoms with Crippen molar-refractivity contribution < 1.29 is 9.18 Å². The lowest BCUT2D eigenvalue weighted by Crippen LogP contribution is -2.23. The Morgan fingerprint density at radius 3 is 2.83 bits per heavy atom. The number of aromatic nitrogens is 2. The summed E-state index contributed by atoms with van der Waals surface area (Å²) in [6.45, 7) is 4.01. The third-order valence-corrected chi connectivity index (χ3v) is 5.98. The molecule has 1 aliphatic rings. The third kappa shape index (κ3) is 4.35. The Labute approximate surface area is 172 Å². The molecule has 2 heterocycles. The first-order valence-corrected chi connectivity index (χ1v) is 10.3. The Bertz CT molecular complexity index is 1010. The van der Waals surface area contributed by atoms with Crippen molar-refractivity contribution in [3.63, 3.8) is 0 Å². The molecule has 29 heavy (non-hydrogen) atoms.